The Morgan fingerprint density at radius 2 is 2.00 bits per heavy atom. The lowest BCUT2D eigenvalue weighted by Crippen LogP contribution is -2.33. The molecule has 1 heterocycles. The van der Waals surface area contributed by atoms with Crippen LogP contribution < -0.4 is 15.8 Å². The van der Waals surface area contributed by atoms with Gasteiger partial charge in [-0.2, -0.15) is 0 Å². The van der Waals surface area contributed by atoms with Crippen molar-refractivity contribution in [3.05, 3.63) is 29.8 Å². The van der Waals surface area contributed by atoms with Crippen LogP contribution in [0, 0.1) is 5.92 Å². The number of hydrogen-bond acceptors (Lipinski definition) is 4. The number of nitrogens with one attached hydrogen (secondary N) is 2. The van der Waals surface area contributed by atoms with Gasteiger partial charge in [-0.25, -0.2) is 13.6 Å². The molecule has 0 bridgehead atoms. The molecule has 6 nitrogen and oxygen atoms in total. The summed E-state index contributed by atoms with van der Waals surface area (Å²) in [4.78, 5) is 11.9. The van der Waals surface area contributed by atoms with E-state index in [0.29, 0.717) is 13.0 Å². The highest BCUT2D eigenvalue weighted by Crippen LogP contribution is 2.10. The summed E-state index contributed by atoms with van der Waals surface area (Å²) in [7, 11) is -3.64. The van der Waals surface area contributed by atoms with Gasteiger partial charge in [0.05, 0.1) is 10.8 Å². The average molecular weight is 334 g/mol. The second kappa shape index (κ2) is 7.74. The van der Waals surface area contributed by atoms with E-state index in [9.17, 15) is 13.2 Å². The number of benzene rings is 1. The van der Waals surface area contributed by atoms with E-state index in [1.54, 1.807) is 12.1 Å². The molecule has 1 aromatic rings. The van der Waals surface area contributed by atoms with E-state index in [-0.39, 0.29) is 29.1 Å². The summed E-state index contributed by atoms with van der Waals surface area (Å²) in [6, 6.07) is 6.38. The Balaban J connectivity index is 0.00000220. The zero-order valence-electron chi connectivity index (χ0n) is 11.5. The van der Waals surface area contributed by atoms with Crippen LogP contribution in [0.5, 0.6) is 0 Å². The zero-order chi connectivity index (χ0) is 14.6. The zero-order valence-corrected chi connectivity index (χ0v) is 13.2. The monoisotopic (exact) mass is 333 g/mol. The van der Waals surface area contributed by atoms with Gasteiger partial charge in [-0.3, -0.25) is 4.79 Å². The highest BCUT2D eigenvalue weighted by Gasteiger charge is 2.21. The number of halogens is 1. The molecule has 118 valence electrons. The first kappa shape index (κ1) is 17.9. The molecule has 0 aliphatic carbocycles. The lowest BCUT2D eigenvalue weighted by atomic mass is 10.1. The Bertz CT molecular complexity index is 569. The number of carbonyl (C=O) groups is 1. The van der Waals surface area contributed by atoms with Gasteiger partial charge in [-0.05, 0) is 37.1 Å². The second-order valence-corrected chi connectivity index (χ2v) is 6.48. The highest BCUT2D eigenvalue weighted by molar-refractivity contribution is 7.89. The maximum Gasteiger partial charge on any atom is 0.238 e. The van der Waals surface area contributed by atoms with Gasteiger partial charge in [0.25, 0.3) is 0 Å². The van der Waals surface area contributed by atoms with E-state index in [0.717, 1.165) is 25.1 Å². The van der Waals surface area contributed by atoms with Crippen molar-refractivity contribution < 1.29 is 13.2 Å². The van der Waals surface area contributed by atoms with Gasteiger partial charge >= 0.3 is 0 Å². The van der Waals surface area contributed by atoms with Gasteiger partial charge in [0, 0.05) is 13.1 Å². The third-order valence-corrected chi connectivity index (χ3v) is 4.33. The van der Waals surface area contributed by atoms with Crippen LogP contribution in [0.3, 0.4) is 0 Å². The van der Waals surface area contributed by atoms with Gasteiger partial charge in [-0.15, -0.1) is 12.4 Å². The van der Waals surface area contributed by atoms with Gasteiger partial charge in [-0.1, -0.05) is 12.1 Å². The minimum atomic E-state index is -3.64. The van der Waals surface area contributed by atoms with Gasteiger partial charge in [0.15, 0.2) is 0 Å². The quantitative estimate of drug-likeness (QED) is 0.707. The number of hydrogen-bond donors (Lipinski definition) is 3. The van der Waals surface area contributed by atoms with Crippen LogP contribution in [-0.4, -0.2) is 34.0 Å². The van der Waals surface area contributed by atoms with Crippen molar-refractivity contribution >= 4 is 28.3 Å². The minimum absolute atomic E-state index is 0. The molecule has 21 heavy (non-hydrogen) atoms. The SMILES string of the molecule is Cl.NS(=O)(=O)c1ccc(CCNC(=O)C2CCNC2)cc1. The van der Waals surface area contributed by atoms with Crippen molar-refractivity contribution in [1.82, 2.24) is 10.6 Å². The van der Waals surface area contributed by atoms with E-state index in [1.165, 1.54) is 12.1 Å². The molecule has 0 spiro atoms. The van der Waals surface area contributed by atoms with Gasteiger partial charge in [0.2, 0.25) is 15.9 Å². The predicted octanol–water partition coefficient (Wildman–Crippen LogP) is 0.0240. The summed E-state index contributed by atoms with van der Waals surface area (Å²) in [5, 5.41) is 11.1. The van der Waals surface area contributed by atoms with Crippen LogP contribution in [0.1, 0.15) is 12.0 Å². The van der Waals surface area contributed by atoms with Crippen LogP contribution in [-0.2, 0) is 21.2 Å². The first-order valence-corrected chi connectivity index (χ1v) is 8.11. The number of amides is 1. The Morgan fingerprint density at radius 1 is 1.33 bits per heavy atom. The fourth-order valence-electron chi connectivity index (χ4n) is 2.20. The van der Waals surface area contributed by atoms with Crippen molar-refractivity contribution in [2.75, 3.05) is 19.6 Å². The lowest BCUT2D eigenvalue weighted by Gasteiger charge is -2.09. The van der Waals surface area contributed by atoms with Crippen molar-refractivity contribution in [1.29, 1.82) is 0 Å². The molecule has 1 amide bonds. The smallest absolute Gasteiger partial charge is 0.238 e. The molecule has 1 unspecified atom stereocenters. The topological polar surface area (TPSA) is 101 Å². The molecule has 0 aromatic heterocycles. The molecule has 8 heteroatoms. The minimum Gasteiger partial charge on any atom is -0.355 e. The first-order valence-electron chi connectivity index (χ1n) is 6.57. The molecular formula is C13H20ClN3O3S. The van der Waals surface area contributed by atoms with Crippen molar-refractivity contribution in [2.24, 2.45) is 11.1 Å². The largest absolute Gasteiger partial charge is 0.355 e. The van der Waals surface area contributed by atoms with Crippen molar-refractivity contribution in [2.45, 2.75) is 17.7 Å². The van der Waals surface area contributed by atoms with Crippen LogP contribution in [0.4, 0.5) is 0 Å². The normalized spacial score (nSPS) is 18.0. The predicted molar refractivity (Wildman–Crippen MR) is 82.8 cm³/mol. The van der Waals surface area contributed by atoms with Crippen LogP contribution in [0.2, 0.25) is 0 Å². The number of nitrogens with two attached hydrogens (primary N) is 1. The summed E-state index contributed by atoms with van der Waals surface area (Å²) in [5.41, 5.74) is 0.960. The van der Waals surface area contributed by atoms with Crippen LogP contribution in [0.25, 0.3) is 0 Å². The number of rotatable bonds is 5. The molecule has 1 aromatic carbocycles. The fourth-order valence-corrected chi connectivity index (χ4v) is 2.71. The molecule has 1 atom stereocenters. The van der Waals surface area contributed by atoms with E-state index < -0.39 is 10.0 Å². The van der Waals surface area contributed by atoms with E-state index in [2.05, 4.69) is 10.6 Å². The molecule has 1 aliphatic rings. The molecule has 0 radical (unpaired) electrons. The Labute approximate surface area is 130 Å². The average Bonchev–Trinajstić information content (AvgIpc) is 2.92. The molecule has 0 saturated carbocycles. The third-order valence-electron chi connectivity index (χ3n) is 3.40. The number of carbonyl (C=O) groups excluding carboxylic acids is 1. The fraction of sp³-hybridized carbons (Fsp3) is 0.462. The third kappa shape index (κ3) is 5.28. The summed E-state index contributed by atoms with van der Waals surface area (Å²) in [6.45, 7) is 2.19. The maximum absolute atomic E-state index is 11.8. The summed E-state index contributed by atoms with van der Waals surface area (Å²) >= 11 is 0. The van der Waals surface area contributed by atoms with Crippen molar-refractivity contribution in [3.8, 4) is 0 Å². The van der Waals surface area contributed by atoms with Gasteiger partial charge in [0.1, 0.15) is 0 Å². The highest BCUT2D eigenvalue weighted by atomic mass is 35.5. The number of primary sulfonamides is 1. The molecule has 1 fully saturated rings. The Morgan fingerprint density at radius 3 is 2.52 bits per heavy atom. The van der Waals surface area contributed by atoms with Crippen LogP contribution in [0.15, 0.2) is 29.2 Å². The van der Waals surface area contributed by atoms with E-state index in [1.807, 2.05) is 0 Å². The molecule has 4 N–H and O–H groups in total. The van der Waals surface area contributed by atoms with Gasteiger partial charge < -0.3 is 10.6 Å². The molecule has 1 saturated heterocycles. The van der Waals surface area contributed by atoms with E-state index in [4.69, 9.17) is 5.14 Å². The summed E-state index contributed by atoms with van der Waals surface area (Å²) < 4.78 is 22.2. The van der Waals surface area contributed by atoms with E-state index >= 15 is 0 Å². The Kier molecular flexibility index (Phi) is 6.60. The molecule has 1 aliphatic heterocycles. The molecular weight excluding hydrogens is 314 g/mol. The summed E-state index contributed by atoms with van der Waals surface area (Å²) in [6.07, 6.45) is 1.55. The maximum atomic E-state index is 11.8. The molecule has 2 rings (SSSR count). The summed E-state index contributed by atoms with van der Waals surface area (Å²) in [5.74, 6) is 0.149. The first-order chi connectivity index (χ1) is 9.47. The standard InChI is InChI=1S/C13H19N3O3S.ClH/c14-20(18,19)12-3-1-10(2-4-12)5-8-16-13(17)11-6-7-15-9-11;/h1-4,11,15H,5-9H2,(H,16,17)(H2,14,18,19);1H. The Hall–Kier alpha value is -1.15. The van der Waals surface area contributed by atoms with Crippen molar-refractivity contribution in [3.63, 3.8) is 0 Å². The lowest BCUT2D eigenvalue weighted by molar-refractivity contribution is -0.124. The second-order valence-electron chi connectivity index (χ2n) is 4.92. The number of sulfonamides is 1. The van der Waals surface area contributed by atoms with Crippen LogP contribution >= 0.6 is 12.4 Å².